The summed E-state index contributed by atoms with van der Waals surface area (Å²) in [5.41, 5.74) is 1.29. The summed E-state index contributed by atoms with van der Waals surface area (Å²) < 4.78 is 32.9. The Balaban J connectivity index is 2.20. The number of carbonyl (C=O) groups is 1. The molecule has 0 spiro atoms. The van der Waals surface area contributed by atoms with Crippen molar-refractivity contribution in [2.75, 3.05) is 12.4 Å². The van der Waals surface area contributed by atoms with Crippen LogP contribution in [0.1, 0.15) is 25.5 Å². The molecule has 0 bridgehead atoms. The van der Waals surface area contributed by atoms with Gasteiger partial charge in [0.2, 0.25) is 15.9 Å². The summed E-state index contributed by atoms with van der Waals surface area (Å²) in [5.74, 6) is 0.405. The van der Waals surface area contributed by atoms with Gasteiger partial charge in [-0.1, -0.05) is 18.2 Å². The number of hydrogen-bond acceptors (Lipinski definition) is 4. The topological polar surface area (TPSA) is 84.5 Å². The number of rotatable bonds is 6. The average Bonchev–Trinajstić information content (AvgIpc) is 2.54. The summed E-state index contributed by atoms with van der Waals surface area (Å²) in [5, 5.41) is 2.59. The van der Waals surface area contributed by atoms with Crippen molar-refractivity contribution < 1.29 is 17.9 Å². The number of amides is 1. The Kier molecular flexibility index (Phi) is 5.58. The van der Waals surface area contributed by atoms with Crippen LogP contribution in [0.3, 0.4) is 0 Å². The number of anilines is 1. The minimum atomic E-state index is -3.70. The van der Waals surface area contributed by atoms with Crippen LogP contribution in [-0.2, 0) is 14.8 Å². The predicted molar refractivity (Wildman–Crippen MR) is 92.5 cm³/mol. The Morgan fingerprint density at radius 3 is 2.29 bits per heavy atom. The molecule has 0 aliphatic rings. The zero-order valence-corrected chi connectivity index (χ0v) is 14.6. The van der Waals surface area contributed by atoms with Crippen molar-refractivity contribution in [3.63, 3.8) is 0 Å². The fraction of sp³-hybridized carbons (Fsp3) is 0.235. The molecular weight excluding hydrogens is 328 g/mol. The molecule has 128 valence electrons. The van der Waals surface area contributed by atoms with Crippen molar-refractivity contribution in [2.45, 2.75) is 24.8 Å². The van der Waals surface area contributed by atoms with E-state index >= 15 is 0 Å². The second-order valence-corrected chi connectivity index (χ2v) is 7.00. The molecule has 2 rings (SSSR count). The smallest absolute Gasteiger partial charge is 0.241 e. The van der Waals surface area contributed by atoms with Crippen molar-refractivity contribution in [2.24, 2.45) is 0 Å². The molecule has 0 aromatic heterocycles. The highest BCUT2D eigenvalue weighted by Gasteiger charge is 2.20. The highest BCUT2D eigenvalue weighted by atomic mass is 32.2. The molecule has 0 saturated carbocycles. The van der Waals surface area contributed by atoms with Gasteiger partial charge in [0.25, 0.3) is 0 Å². The molecular formula is C17H20N2O4S. The van der Waals surface area contributed by atoms with E-state index in [0.29, 0.717) is 11.4 Å². The first-order valence-electron chi connectivity index (χ1n) is 7.36. The predicted octanol–water partition coefficient (Wildman–Crippen LogP) is 2.69. The van der Waals surface area contributed by atoms with Gasteiger partial charge in [0.05, 0.1) is 12.0 Å². The summed E-state index contributed by atoms with van der Waals surface area (Å²) in [4.78, 5) is 11.1. The molecule has 0 aliphatic heterocycles. The van der Waals surface area contributed by atoms with Crippen LogP contribution in [0.4, 0.5) is 5.69 Å². The van der Waals surface area contributed by atoms with Gasteiger partial charge in [0.15, 0.2) is 0 Å². The van der Waals surface area contributed by atoms with Crippen molar-refractivity contribution in [1.29, 1.82) is 0 Å². The molecule has 0 heterocycles. The lowest BCUT2D eigenvalue weighted by Gasteiger charge is -2.17. The molecule has 0 unspecified atom stereocenters. The lowest BCUT2D eigenvalue weighted by Crippen LogP contribution is -2.27. The van der Waals surface area contributed by atoms with Gasteiger partial charge in [-0.15, -0.1) is 0 Å². The zero-order valence-electron chi connectivity index (χ0n) is 13.7. The maximum absolute atomic E-state index is 12.5. The maximum atomic E-state index is 12.5. The van der Waals surface area contributed by atoms with E-state index in [1.807, 2.05) is 18.2 Å². The first kappa shape index (κ1) is 18.0. The minimum absolute atomic E-state index is 0.123. The SMILES string of the molecule is COc1ccccc1[C@H](C)NS(=O)(=O)c1ccc(NC(C)=O)cc1. The molecule has 0 fully saturated rings. The number of hydrogen-bond donors (Lipinski definition) is 2. The van der Waals surface area contributed by atoms with E-state index < -0.39 is 16.1 Å². The quantitative estimate of drug-likeness (QED) is 0.840. The van der Waals surface area contributed by atoms with E-state index in [1.54, 1.807) is 32.2 Å². The van der Waals surface area contributed by atoms with Crippen molar-refractivity contribution in [3.8, 4) is 5.75 Å². The first-order valence-corrected chi connectivity index (χ1v) is 8.84. The fourth-order valence-electron chi connectivity index (χ4n) is 2.31. The van der Waals surface area contributed by atoms with Gasteiger partial charge in [-0.05, 0) is 37.3 Å². The number of sulfonamides is 1. The number of nitrogens with one attached hydrogen (secondary N) is 2. The van der Waals surface area contributed by atoms with Gasteiger partial charge >= 0.3 is 0 Å². The molecule has 24 heavy (non-hydrogen) atoms. The van der Waals surface area contributed by atoms with E-state index in [4.69, 9.17) is 4.74 Å². The zero-order chi connectivity index (χ0) is 17.7. The van der Waals surface area contributed by atoms with Gasteiger partial charge in [0.1, 0.15) is 5.75 Å². The Morgan fingerprint density at radius 2 is 1.71 bits per heavy atom. The van der Waals surface area contributed by atoms with Crippen LogP contribution in [-0.4, -0.2) is 21.4 Å². The largest absolute Gasteiger partial charge is 0.496 e. The van der Waals surface area contributed by atoms with Crippen LogP contribution in [0, 0.1) is 0 Å². The van der Waals surface area contributed by atoms with E-state index in [9.17, 15) is 13.2 Å². The second-order valence-electron chi connectivity index (χ2n) is 5.29. The molecule has 2 N–H and O–H groups in total. The number of benzene rings is 2. The van der Waals surface area contributed by atoms with Gasteiger partial charge in [-0.2, -0.15) is 0 Å². The average molecular weight is 348 g/mol. The molecule has 2 aromatic carbocycles. The van der Waals surface area contributed by atoms with Crippen LogP contribution < -0.4 is 14.8 Å². The molecule has 7 heteroatoms. The third-order valence-electron chi connectivity index (χ3n) is 3.42. The molecule has 1 amide bonds. The highest BCUT2D eigenvalue weighted by molar-refractivity contribution is 7.89. The molecule has 1 atom stereocenters. The summed E-state index contributed by atoms with van der Waals surface area (Å²) in [6, 6.07) is 12.8. The number of para-hydroxylation sites is 1. The van der Waals surface area contributed by atoms with Crippen LogP contribution >= 0.6 is 0 Å². The molecule has 0 radical (unpaired) electrons. The first-order chi connectivity index (χ1) is 11.3. The third kappa shape index (κ3) is 4.33. The van der Waals surface area contributed by atoms with Gasteiger partial charge < -0.3 is 10.1 Å². The van der Waals surface area contributed by atoms with Crippen LogP contribution in [0.5, 0.6) is 5.75 Å². The van der Waals surface area contributed by atoms with Crippen molar-refractivity contribution in [1.82, 2.24) is 4.72 Å². The van der Waals surface area contributed by atoms with Crippen molar-refractivity contribution >= 4 is 21.6 Å². The van der Waals surface area contributed by atoms with E-state index in [2.05, 4.69) is 10.0 Å². The summed E-state index contributed by atoms with van der Waals surface area (Å²) >= 11 is 0. The van der Waals surface area contributed by atoms with Crippen LogP contribution in [0.15, 0.2) is 53.4 Å². The lowest BCUT2D eigenvalue weighted by molar-refractivity contribution is -0.114. The molecule has 0 aliphatic carbocycles. The molecule has 0 saturated heterocycles. The van der Waals surface area contributed by atoms with E-state index in [1.165, 1.54) is 19.1 Å². The molecule has 6 nitrogen and oxygen atoms in total. The Labute approximate surface area is 141 Å². The number of methoxy groups -OCH3 is 1. The van der Waals surface area contributed by atoms with E-state index in [-0.39, 0.29) is 10.8 Å². The van der Waals surface area contributed by atoms with Crippen LogP contribution in [0.25, 0.3) is 0 Å². The Hall–Kier alpha value is -2.38. The van der Waals surface area contributed by atoms with Crippen LogP contribution in [0.2, 0.25) is 0 Å². The van der Waals surface area contributed by atoms with Gasteiger partial charge in [0, 0.05) is 24.2 Å². The third-order valence-corrected chi connectivity index (χ3v) is 4.98. The lowest BCUT2D eigenvalue weighted by atomic mass is 10.1. The van der Waals surface area contributed by atoms with E-state index in [0.717, 1.165) is 5.56 Å². The second kappa shape index (κ2) is 7.46. The highest BCUT2D eigenvalue weighted by Crippen LogP contribution is 2.26. The summed E-state index contributed by atoms with van der Waals surface area (Å²) in [7, 11) is -2.15. The maximum Gasteiger partial charge on any atom is 0.241 e. The normalized spacial score (nSPS) is 12.5. The minimum Gasteiger partial charge on any atom is -0.496 e. The summed E-state index contributed by atoms with van der Waals surface area (Å²) in [6.07, 6.45) is 0. The molecule has 2 aromatic rings. The number of ether oxygens (including phenoxy) is 1. The summed E-state index contributed by atoms with van der Waals surface area (Å²) in [6.45, 7) is 3.14. The van der Waals surface area contributed by atoms with Crippen molar-refractivity contribution in [3.05, 3.63) is 54.1 Å². The van der Waals surface area contributed by atoms with Gasteiger partial charge in [-0.3, -0.25) is 4.79 Å². The standard InChI is InChI=1S/C17H20N2O4S/c1-12(16-6-4-5-7-17(16)23-3)19-24(21,22)15-10-8-14(9-11-15)18-13(2)20/h4-12,19H,1-3H3,(H,18,20)/t12-/m0/s1. The van der Waals surface area contributed by atoms with Gasteiger partial charge in [-0.25, -0.2) is 13.1 Å². The fourth-order valence-corrected chi connectivity index (χ4v) is 3.53. The Morgan fingerprint density at radius 1 is 1.08 bits per heavy atom. The monoisotopic (exact) mass is 348 g/mol. The Bertz CT molecular complexity index is 817. The number of carbonyl (C=O) groups excluding carboxylic acids is 1.